The van der Waals surface area contributed by atoms with Gasteiger partial charge < -0.3 is 4.90 Å². The number of carbonyl (C=O) groups is 3. The number of hydrogen-bond acceptors (Lipinski definition) is 6. The first-order chi connectivity index (χ1) is 18.0. The Morgan fingerprint density at radius 2 is 1.62 bits per heavy atom. The highest BCUT2D eigenvalue weighted by Gasteiger charge is 2.64. The van der Waals surface area contributed by atoms with Crippen molar-refractivity contribution in [2.24, 2.45) is 11.8 Å². The molecule has 3 aromatic carbocycles. The van der Waals surface area contributed by atoms with Crippen molar-refractivity contribution in [1.82, 2.24) is 15.0 Å². The van der Waals surface area contributed by atoms with E-state index < -0.39 is 23.9 Å². The van der Waals surface area contributed by atoms with Crippen molar-refractivity contribution in [3.8, 4) is 0 Å². The third-order valence-corrected chi connectivity index (χ3v) is 7.82. The quantitative estimate of drug-likeness (QED) is 0.398. The van der Waals surface area contributed by atoms with Gasteiger partial charge in [0.1, 0.15) is 11.6 Å². The summed E-state index contributed by atoms with van der Waals surface area (Å²) in [6, 6.07) is 19.3. The predicted octanol–water partition coefficient (Wildman–Crippen LogP) is 3.78. The topological polar surface area (TPSA) is 88.4 Å². The van der Waals surface area contributed by atoms with E-state index in [-0.39, 0.29) is 17.7 Å². The van der Waals surface area contributed by atoms with Gasteiger partial charge in [-0.2, -0.15) is 4.68 Å². The van der Waals surface area contributed by atoms with E-state index in [1.54, 1.807) is 12.1 Å². The third kappa shape index (κ3) is 2.92. The number of aryl methyl sites for hydroxylation is 2. The van der Waals surface area contributed by atoms with Crippen LogP contribution in [0.1, 0.15) is 21.5 Å². The summed E-state index contributed by atoms with van der Waals surface area (Å²) in [5.41, 5.74) is 5.37. The molecule has 8 heteroatoms. The lowest BCUT2D eigenvalue weighted by molar-refractivity contribution is -0.122. The van der Waals surface area contributed by atoms with Crippen LogP contribution in [0.5, 0.6) is 0 Å². The number of aromatic nitrogens is 3. The van der Waals surface area contributed by atoms with Gasteiger partial charge in [0, 0.05) is 5.69 Å². The molecule has 4 atom stereocenters. The molecule has 0 aliphatic carbocycles. The van der Waals surface area contributed by atoms with Gasteiger partial charge in [0.25, 0.3) is 5.91 Å². The minimum Gasteiger partial charge on any atom is -0.351 e. The number of benzene rings is 3. The van der Waals surface area contributed by atoms with Crippen molar-refractivity contribution in [3.63, 3.8) is 0 Å². The first-order valence-electron chi connectivity index (χ1n) is 12.3. The van der Waals surface area contributed by atoms with E-state index in [0.29, 0.717) is 16.7 Å². The van der Waals surface area contributed by atoms with Crippen LogP contribution in [0.15, 0.2) is 72.8 Å². The summed E-state index contributed by atoms with van der Waals surface area (Å²) in [6.07, 6.45) is 3.92. The molecular formula is C29H23N5O3. The fraction of sp³-hybridized carbons (Fsp3) is 0.207. The lowest BCUT2D eigenvalue weighted by Gasteiger charge is -2.36. The number of anilines is 2. The van der Waals surface area contributed by atoms with Crippen molar-refractivity contribution < 1.29 is 14.4 Å². The Kier molecular flexibility index (Phi) is 4.51. The Morgan fingerprint density at radius 3 is 2.46 bits per heavy atom. The van der Waals surface area contributed by atoms with Gasteiger partial charge in [-0.1, -0.05) is 65.4 Å². The molecule has 8 nitrogen and oxygen atoms in total. The van der Waals surface area contributed by atoms with Crippen molar-refractivity contribution in [2.45, 2.75) is 25.9 Å². The molecule has 0 N–H and O–H groups in total. The summed E-state index contributed by atoms with van der Waals surface area (Å²) in [6.45, 7) is 3.86. The van der Waals surface area contributed by atoms with Crippen LogP contribution in [0.3, 0.4) is 0 Å². The van der Waals surface area contributed by atoms with E-state index in [4.69, 9.17) is 0 Å². The SMILES string of the molecule is Cc1ccc(N2C(=O)[C@@H]3[C@H](C2=O)[C@@H](C(=O)n2nnc4ccccc42)N2c4ccccc4C=C[C@H]32)c(C)c1. The van der Waals surface area contributed by atoms with Gasteiger partial charge in [-0.15, -0.1) is 5.10 Å². The average molecular weight is 490 g/mol. The largest absolute Gasteiger partial charge is 0.351 e. The van der Waals surface area contributed by atoms with Crippen molar-refractivity contribution in [3.05, 3.63) is 89.5 Å². The highest BCUT2D eigenvalue weighted by molar-refractivity contribution is 6.25. The van der Waals surface area contributed by atoms with E-state index in [0.717, 1.165) is 22.4 Å². The van der Waals surface area contributed by atoms with Crippen LogP contribution < -0.4 is 9.80 Å². The normalized spacial score (nSPS) is 23.9. The van der Waals surface area contributed by atoms with Crippen LogP contribution in [-0.4, -0.2) is 44.8 Å². The fourth-order valence-corrected chi connectivity index (χ4v) is 6.25. The molecule has 3 aliphatic heterocycles. The van der Waals surface area contributed by atoms with Crippen LogP contribution in [0.25, 0.3) is 17.1 Å². The molecule has 7 rings (SSSR count). The van der Waals surface area contributed by atoms with E-state index in [1.807, 2.05) is 85.5 Å². The van der Waals surface area contributed by atoms with Crippen molar-refractivity contribution in [2.75, 3.05) is 9.80 Å². The average Bonchev–Trinajstić information content (AvgIpc) is 3.55. The molecule has 0 spiro atoms. The maximum atomic E-state index is 14.2. The third-order valence-electron chi connectivity index (χ3n) is 7.82. The zero-order chi connectivity index (χ0) is 25.4. The smallest absolute Gasteiger partial charge is 0.272 e. The predicted molar refractivity (Wildman–Crippen MR) is 139 cm³/mol. The molecule has 182 valence electrons. The van der Waals surface area contributed by atoms with Crippen LogP contribution >= 0.6 is 0 Å². The molecule has 0 radical (unpaired) electrons. The molecule has 0 bridgehead atoms. The van der Waals surface area contributed by atoms with E-state index in [2.05, 4.69) is 10.3 Å². The highest BCUT2D eigenvalue weighted by Crippen LogP contribution is 2.49. The van der Waals surface area contributed by atoms with Gasteiger partial charge >= 0.3 is 0 Å². The van der Waals surface area contributed by atoms with Gasteiger partial charge in [-0.3, -0.25) is 14.4 Å². The zero-order valence-electron chi connectivity index (χ0n) is 20.3. The number of hydrogen-bond donors (Lipinski definition) is 0. The molecule has 0 saturated carbocycles. The van der Waals surface area contributed by atoms with E-state index >= 15 is 0 Å². The molecule has 3 aliphatic rings. The minimum absolute atomic E-state index is 0.278. The summed E-state index contributed by atoms with van der Waals surface area (Å²) < 4.78 is 1.28. The van der Waals surface area contributed by atoms with E-state index in [1.165, 1.54) is 9.58 Å². The number of para-hydroxylation sites is 2. The molecule has 2 fully saturated rings. The first kappa shape index (κ1) is 21.7. The van der Waals surface area contributed by atoms with Crippen LogP contribution in [0.4, 0.5) is 11.4 Å². The first-order valence-corrected chi connectivity index (χ1v) is 12.3. The lowest BCUT2D eigenvalue weighted by atomic mass is 9.88. The van der Waals surface area contributed by atoms with Gasteiger partial charge in [0.05, 0.1) is 29.1 Å². The zero-order valence-corrected chi connectivity index (χ0v) is 20.3. The monoisotopic (exact) mass is 489 g/mol. The Labute approximate surface area is 212 Å². The Balaban J connectivity index is 1.40. The maximum Gasteiger partial charge on any atom is 0.272 e. The van der Waals surface area contributed by atoms with Gasteiger partial charge in [-0.05, 0) is 49.2 Å². The number of nitrogens with zero attached hydrogens (tertiary/aromatic N) is 5. The molecular weight excluding hydrogens is 466 g/mol. The number of fused-ring (bicyclic) bond motifs is 6. The fourth-order valence-electron chi connectivity index (χ4n) is 6.25. The van der Waals surface area contributed by atoms with Crippen LogP contribution in [0, 0.1) is 25.7 Å². The molecule has 4 aromatic rings. The molecule has 4 heterocycles. The molecule has 2 amide bonds. The molecule has 1 aromatic heterocycles. The number of rotatable bonds is 2. The summed E-state index contributed by atoms with van der Waals surface area (Å²) in [4.78, 5) is 45.5. The summed E-state index contributed by atoms with van der Waals surface area (Å²) in [5.74, 6) is -2.56. The Morgan fingerprint density at radius 1 is 0.865 bits per heavy atom. The highest BCUT2D eigenvalue weighted by atomic mass is 16.2. The second kappa shape index (κ2) is 7.70. The molecule has 0 unspecified atom stereocenters. The van der Waals surface area contributed by atoms with Gasteiger partial charge in [-0.25, -0.2) is 4.90 Å². The molecule has 2 saturated heterocycles. The number of imide groups is 1. The van der Waals surface area contributed by atoms with E-state index in [9.17, 15) is 14.4 Å². The summed E-state index contributed by atoms with van der Waals surface area (Å²) in [5, 5.41) is 8.31. The number of carbonyl (C=O) groups excluding carboxylic acids is 3. The molecule has 37 heavy (non-hydrogen) atoms. The maximum absolute atomic E-state index is 14.2. The second-order valence-electron chi connectivity index (χ2n) is 9.94. The van der Waals surface area contributed by atoms with Crippen molar-refractivity contribution >= 4 is 46.2 Å². The second-order valence-corrected chi connectivity index (χ2v) is 9.94. The van der Waals surface area contributed by atoms with Crippen LogP contribution in [-0.2, 0) is 9.59 Å². The van der Waals surface area contributed by atoms with Crippen LogP contribution in [0.2, 0.25) is 0 Å². The van der Waals surface area contributed by atoms with Crippen molar-refractivity contribution in [1.29, 1.82) is 0 Å². The van der Waals surface area contributed by atoms with Gasteiger partial charge in [0.2, 0.25) is 11.8 Å². The lowest BCUT2D eigenvalue weighted by Crippen LogP contribution is -2.50. The van der Waals surface area contributed by atoms with Gasteiger partial charge in [0.15, 0.2) is 0 Å². The Hall–Kier alpha value is -4.59. The number of amides is 2. The summed E-state index contributed by atoms with van der Waals surface area (Å²) >= 11 is 0. The summed E-state index contributed by atoms with van der Waals surface area (Å²) in [7, 11) is 0. The standard InChI is InChI=1S/C29H23N5O3/c1-16-11-13-20(17(2)15-16)33-27(35)24-23-14-12-18-7-3-5-9-21(18)32(23)26(25(24)28(33)36)29(37)34-22-10-6-4-8-19(22)30-31-34/h3-15,23-26H,1-2H3/t23-,24+,25+,26+/m1/s1. The minimum atomic E-state index is -0.918. The Bertz CT molecular complexity index is 1670.